The van der Waals surface area contributed by atoms with Crippen molar-refractivity contribution in [2.75, 3.05) is 27.4 Å². The second-order valence-electron chi connectivity index (χ2n) is 8.23. The number of nitrogen functional groups attached to an aromatic ring is 1. The van der Waals surface area contributed by atoms with E-state index in [0.29, 0.717) is 34.4 Å². The van der Waals surface area contributed by atoms with Crippen LogP contribution in [0.4, 0.5) is 59.7 Å². The van der Waals surface area contributed by atoms with Gasteiger partial charge in [0.25, 0.3) is 5.91 Å². The molecule has 0 spiro atoms. The molecule has 1 fully saturated rings. The van der Waals surface area contributed by atoms with Crippen molar-refractivity contribution < 1.29 is 45.8 Å². The molecule has 3 amide bonds. The zero-order chi connectivity index (χ0) is 30.1. The first-order valence-corrected chi connectivity index (χ1v) is 11.1. The number of fused-ring (bicyclic) bond motifs is 1. The highest BCUT2D eigenvalue weighted by Gasteiger charge is 2.40. The summed E-state index contributed by atoms with van der Waals surface area (Å²) in [5.41, 5.74) is 6.78. The molecule has 1 aromatic carbocycles. The summed E-state index contributed by atoms with van der Waals surface area (Å²) in [5, 5.41) is 17.5. The molecule has 1 saturated heterocycles. The van der Waals surface area contributed by atoms with Crippen molar-refractivity contribution in [1.82, 2.24) is 20.2 Å². The molecule has 18 heteroatoms. The van der Waals surface area contributed by atoms with Gasteiger partial charge in [-0.25, -0.2) is 19.5 Å². The molecule has 0 aliphatic carbocycles. The number of nitrogens with zero attached hydrogens (tertiary/aromatic N) is 5. The second-order valence-corrected chi connectivity index (χ2v) is 8.23. The maximum Gasteiger partial charge on any atom is 0.490 e. The summed E-state index contributed by atoms with van der Waals surface area (Å²) in [7, 11) is 0. The van der Waals surface area contributed by atoms with Gasteiger partial charge in [-0.3, -0.25) is 19.8 Å². The van der Waals surface area contributed by atoms with E-state index in [1.165, 1.54) is 0 Å². The van der Waals surface area contributed by atoms with Crippen LogP contribution < -0.4 is 20.9 Å². The summed E-state index contributed by atoms with van der Waals surface area (Å²) >= 11 is 0. The van der Waals surface area contributed by atoms with Crippen LogP contribution in [0.5, 0.6) is 0 Å². The van der Waals surface area contributed by atoms with E-state index in [-0.39, 0.29) is 11.4 Å². The van der Waals surface area contributed by atoms with Crippen molar-refractivity contribution in [3.8, 4) is 0 Å². The number of pyridine rings is 2. The lowest BCUT2D eigenvalue weighted by Crippen LogP contribution is -2.33. The number of nitrogens with one attached hydrogen (secondary N) is 2. The van der Waals surface area contributed by atoms with Crippen molar-refractivity contribution in [2.24, 2.45) is 0 Å². The molecule has 0 radical (unpaired) electrons. The summed E-state index contributed by atoms with van der Waals surface area (Å²) < 4.78 is 70.7. The zero-order valence-corrected chi connectivity index (χ0v) is 20.2. The summed E-state index contributed by atoms with van der Waals surface area (Å²) in [4.78, 5) is 43.9. The second kappa shape index (κ2) is 10.6. The number of hydrogen-bond donors (Lipinski definition) is 4. The van der Waals surface area contributed by atoms with E-state index in [1.807, 2.05) is 0 Å². The molecule has 1 aliphatic rings. The Hall–Kier alpha value is -5.42. The summed E-state index contributed by atoms with van der Waals surface area (Å²) in [6, 6.07) is 8.17. The van der Waals surface area contributed by atoms with E-state index in [9.17, 15) is 35.9 Å². The molecule has 4 aromatic rings. The van der Waals surface area contributed by atoms with E-state index < -0.39 is 42.4 Å². The zero-order valence-electron chi connectivity index (χ0n) is 20.2. The number of amides is 3. The fraction of sp³-hybridized carbons (Fsp3) is 0.130. The number of carbonyl (C=O) groups is 3. The molecule has 5 N–H and O–H groups in total. The molecule has 214 valence electrons. The van der Waals surface area contributed by atoms with Gasteiger partial charge in [0.1, 0.15) is 6.54 Å². The van der Waals surface area contributed by atoms with Gasteiger partial charge < -0.3 is 16.2 Å². The molecule has 41 heavy (non-hydrogen) atoms. The number of carbonyl (C=O) groups excluding carboxylic acids is 2. The fourth-order valence-electron chi connectivity index (χ4n) is 3.54. The number of aromatic nitrogens is 4. The number of nitrogens with two attached hydrogens (primary N) is 1. The van der Waals surface area contributed by atoms with Crippen LogP contribution in [0, 0.1) is 0 Å². The van der Waals surface area contributed by atoms with Gasteiger partial charge in [0.15, 0.2) is 11.5 Å². The van der Waals surface area contributed by atoms with Crippen molar-refractivity contribution in [2.45, 2.75) is 12.4 Å². The van der Waals surface area contributed by atoms with Crippen LogP contribution in [-0.4, -0.2) is 55.9 Å². The first kappa shape index (κ1) is 28.6. The Morgan fingerprint density at radius 1 is 0.976 bits per heavy atom. The van der Waals surface area contributed by atoms with Crippen molar-refractivity contribution in [3.63, 3.8) is 0 Å². The van der Waals surface area contributed by atoms with E-state index in [0.717, 1.165) is 22.1 Å². The van der Waals surface area contributed by atoms with Crippen molar-refractivity contribution in [3.05, 3.63) is 60.6 Å². The predicted octanol–water partition coefficient (Wildman–Crippen LogP) is 4.30. The monoisotopic (exact) mass is 582 g/mol. The lowest BCUT2D eigenvalue weighted by molar-refractivity contribution is -0.192. The number of anilines is 5. The molecule has 4 heterocycles. The van der Waals surface area contributed by atoms with Crippen LogP contribution in [0.25, 0.3) is 11.0 Å². The van der Waals surface area contributed by atoms with E-state index in [4.69, 9.17) is 15.6 Å². The maximum atomic E-state index is 13.0. The number of hydrogen-bond acceptors (Lipinski definition) is 8. The molecule has 0 saturated carbocycles. The van der Waals surface area contributed by atoms with Crippen LogP contribution in [-0.2, 0) is 15.8 Å². The Morgan fingerprint density at radius 2 is 1.63 bits per heavy atom. The third kappa shape index (κ3) is 6.26. The SMILES string of the molecule is Nc1n[nH]c2ncc(Nc3ccc(N4C(=O)CN(c5cncc(C(F)(F)F)c5)C4=O)cc3)cc12.O=C(O)C(F)(F)F. The topological polar surface area (TPSA) is 170 Å². The van der Waals surface area contributed by atoms with Gasteiger partial charge >= 0.3 is 24.4 Å². The van der Waals surface area contributed by atoms with E-state index in [1.54, 1.807) is 36.5 Å². The van der Waals surface area contributed by atoms with Gasteiger partial charge in [0, 0.05) is 11.9 Å². The third-order valence-electron chi connectivity index (χ3n) is 5.43. The van der Waals surface area contributed by atoms with Crippen LogP contribution >= 0.6 is 0 Å². The molecule has 12 nitrogen and oxygen atoms in total. The molecular weight excluding hydrogens is 566 g/mol. The number of urea groups is 1. The number of aromatic amines is 1. The van der Waals surface area contributed by atoms with Crippen LogP contribution in [0.15, 0.2) is 55.0 Å². The molecule has 0 unspecified atom stereocenters. The van der Waals surface area contributed by atoms with Crippen molar-refractivity contribution in [1.29, 1.82) is 0 Å². The standard InChI is InChI=1S/C21H15F3N8O2.C2HF3O2/c22-21(23,24)11-5-15(9-26-7-11)31-10-17(33)32(20(31)34)14-3-1-12(2-4-14)28-13-6-16-18(25)29-30-19(16)27-8-13;3-2(4,5)1(6)7/h1-9,28H,10H2,(H3,25,27,29,30);(H,6,7). The normalized spacial score (nSPS) is 13.8. The number of aliphatic carboxylic acids is 1. The molecule has 0 bridgehead atoms. The Bertz CT molecular complexity index is 1620. The number of rotatable bonds is 4. The number of H-pyrrole nitrogens is 1. The number of halogens is 6. The van der Waals surface area contributed by atoms with Crippen LogP contribution in [0.2, 0.25) is 0 Å². The minimum Gasteiger partial charge on any atom is -0.475 e. The molecule has 5 rings (SSSR count). The number of alkyl halides is 6. The van der Waals surface area contributed by atoms with Gasteiger partial charge in [-0.1, -0.05) is 0 Å². The van der Waals surface area contributed by atoms with E-state index >= 15 is 0 Å². The number of carboxylic acid groups (broad SMARTS) is 1. The Labute approximate surface area is 224 Å². The summed E-state index contributed by atoms with van der Waals surface area (Å²) in [5.74, 6) is -3.02. The van der Waals surface area contributed by atoms with E-state index in [2.05, 4.69) is 25.5 Å². The number of benzene rings is 1. The fourth-order valence-corrected chi connectivity index (χ4v) is 3.54. The maximum absolute atomic E-state index is 13.0. The molecular formula is C23H16F6N8O4. The minimum absolute atomic E-state index is 0.115. The highest BCUT2D eigenvalue weighted by Crippen LogP contribution is 2.33. The summed E-state index contributed by atoms with van der Waals surface area (Å²) in [6.07, 6.45) is -6.36. The first-order chi connectivity index (χ1) is 19.1. The number of carboxylic acids is 1. The lowest BCUT2D eigenvalue weighted by Gasteiger charge is -2.18. The largest absolute Gasteiger partial charge is 0.490 e. The predicted molar refractivity (Wildman–Crippen MR) is 131 cm³/mol. The van der Waals surface area contributed by atoms with Crippen LogP contribution in [0.3, 0.4) is 0 Å². The average molecular weight is 582 g/mol. The van der Waals surface area contributed by atoms with Gasteiger partial charge in [0.05, 0.1) is 40.4 Å². The third-order valence-corrected chi connectivity index (χ3v) is 5.43. The smallest absolute Gasteiger partial charge is 0.475 e. The first-order valence-electron chi connectivity index (χ1n) is 11.1. The highest BCUT2D eigenvalue weighted by molar-refractivity contribution is 6.26. The molecule has 1 aliphatic heterocycles. The van der Waals surface area contributed by atoms with Gasteiger partial charge in [-0.15, -0.1) is 0 Å². The van der Waals surface area contributed by atoms with Gasteiger partial charge in [-0.05, 0) is 36.4 Å². The molecule has 0 atom stereocenters. The summed E-state index contributed by atoms with van der Waals surface area (Å²) in [6.45, 7) is -0.403. The van der Waals surface area contributed by atoms with Gasteiger partial charge in [0.2, 0.25) is 0 Å². The Balaban J connectivity index is 0.000000493. The number of imide groups is 1. The Kier molecular flexibility index (Phi) is 7.41. The Morgan fingerprint density at radius 3 is 2.24 bits per heavy atom. The highest BCUT2D eigenvalue weighted by atomic mass is 19.4. The van der Waals surface area contributed by atoms with Crippen molar-refractivity contribution >= 4 is 57.5 Å². The lowest BCUT2D eigenvalue weighted by atomic mass is 10.2. The minimum atomic E-state index is -5.08. The molecule has 3 aromatic heterocycles. The van der Waals surface area contributed by atoms with Gasteiger partial charge in [-0.2, -0.15) is 31.4 Å². The quantitative estimate of drug-likeness (QED) is 0.202. The average Bonchev–Trinajstić information content (AvgIpc) is 3.42. The van der Waals surface area contributed by atoms with Crippen LogP contribution in [0.1, 0.15) is 5.56 Å².